The molecule has 4 rings (SSSR count). The summed E-state index contributed by atoms with van der Waals surface area (Å²) < 4.78 is 16.6. The molecule has 0 aliphatic carbocycles. The van der Waals surface area contributed by atoms with E-state index in [0.717, 1.165) is 42.3 Å². The Labute approximate surface area is 216 Å². The van der Waals surface area contributed by atoms with Crippen LogP contribution in [-0.4, -0.2) is 55.1 Å². The van der Waals surface area contributed by atoms with Crippen LogP contribution < -0.4 is 19.1 Å². The maximum atomic E-state index is 10.6. The quantitative estimate of drug-likeness (QED) is 0.259. The van der Waals surface area contributed by atoms with Crippen LogP contribution in [0.2, 0.25) is 0 Å². The molecule has 0 amide bonds. The van der Waals surface area contributed by atoms with Gasteiger partial charge in [0.1, 0.15) is 24.3 Å². The largest absolute Gasteiger partial charge is 0.493 e. The number of methoxy groups -OCH3 is 2. The second kappa shape index (κ2) is 12.5. The summed E-state index contributed by atoms with van der Waals surface area (Å²) in [4.78, 5) is 11.2. The van der Waals surface area contributed by atoms with Crippen LogP contribution in [0.3, 0.4) is 0 Å². The van der Waals surface area contributed by atoms with Crippen molar-refractivity contribution in [2.75, 3.05) is 38.8 Å². The van der Waals surface area contributed by atoms with Crippen LogP contribution in [-0.2, 0) is 12.8 Å². The molecule has 0 aliphatic rings. The van der Waals surface area contributed by atoms with Crippen molar-refractivity contribution in [1.29, 1.82) is 0 Å². The van der Waals surface area contributed by atoms with E-state index in [1.54, 1.807) is 25.6 Å². The number of aromatic nitrogens is 2. The number of ether oxygens (including phenoxy) is 3. The van der Waals surface area contributed by atoms with Gasteiger partial charge in [0.15, 0.2) is 11.5 Å². The molecule has 36 heavy (non-hydrogen) atoms. The highest BCUT2D eigenvalue weighted by atomic mass is 32.1. The lowest BCUT2D eigenvalue weighted by molar-refractivity contribution is 0.112. The number of anilines is 1. The highest BCUT2D eigenvalue weighted by Gasteiger charge is 2.14. The van der Waals surface area contributed by atoms with Crippen LogP contribution in [0.15, 0.2) is 66.2 Å². The van der Waals surface area contributed by atoms with Gasteiger partial charge in [-0.1, -0.05) is 18.2 Å². The third kappa shape index (κ3) is 6.59. The van der Waals surface area contributed by atoms with Gasteiger partial charge in [0.05, 0.1) is 31.0 Å². The van der Waals surface area contributed by atoms with Crippen molar-refractivity contribution < 1.29 is 19.3 Å². The SMILES string of the molecule is CCN(C[C@H](O)COc1ccc(CCc2ncc(-c3cccs3)[nH]2)cc1)c1ccc(OC)c(OC)c1. The summed E-state index contributed by atoms with van der Waals surface area (Å²) in [6.45, 7) is 3.45. The summed E-state index contributed by atoms with van der Waals surface area (Å²) in [5, 5.41) is 12.7. The second-order valence-electron chi connectivity index (χ2n) is 8.41. The molecule has 2 aromatic carbocycles. The molecule has 4 aromatic rings. The number of thiophene rings is 1. The predicted octanol–water partition coefficient (Wildman–Crippen LogP) is 5.21. The number of aliphatic hydroxyl groups is 1. The number of nitrogens with one attached hydrogen (secondary N) is 1. The molecule has 0 spiro atoms. The molecule has 1 atom stereocenters. The van der Waals surface area contributed by atoms with E-state index < -0.39 is 6.10 Å². The maximum Gasteiger partial charge on any atom is 0.162 e. The highest BCUT2D eigenvalue weighted by Crippen LogP contribution is 2.31. The molecule has 2 heterocycles. The first-order valence-corrected chi connectivity index (χ1v) is 12.9. The number of hydrogen-bond acceptors (Lipinski definition) is 7. The van der Waals surface area contributed by atoms with Gasteiger partial charge in [-0.25, -0.2) is 4.98 Å². The fraction of sp³-hybridized carbons (Fsp3) is 0.321. The van der Waals surface area contributed by atoms with Crippen molar-refractivity contribution in [1.82, 2.24) is 9.97 Å². The lowest BCUT2D eigenvalue weighted by Crippen LogP contribution is -2.35. The Morgan fingerprint density at radius 3 is 2.53 bits per heavy atom. The average molecular weight is 508 g/mol. The third-order valence-corrected chi connectivity index (χ3v) is 6.88. The molecule has 8 heteroatoms. The number of imidazole rings is 1. The molecule has 2 N–H and O–H groups in total. The van der Waals surface area contributed by atoms with Crippen molar-refractivity contribution in [3.63, 3.8) is 0 Å². The van der Waals surface area contributed by atoms with E-state index in [-0.39, 0.29) is 6.61 Å². The molecule has 0 saturated heterocycles. The Bertz CT molecular complexity index is 1210. The number of likely N-dealkylation sites (N-methyl/N-ethyl adjacent to an activating group) is 1. The maximum absolute atomic E-state index is 10.6. The molecule has 2 aromatic heterocycles. The molecule has 0 aliphatic heterocycles. The van der Waals surface area contributed by atoms with Crippen LogP contribution in [0, 0.1) is 0 Å². The van der Waals surface area contributed by atoms with Crippen LogP contribution in [0.4, 0.5) is 5.69 Å². The van der Waals surface area contributed by atoms with Gasteiger partial charge in [-0.2, -0.15) is 0 Å². The Hall–Kier alpha value is -3.49. The Balaban J connectivity index is 1.25. The van der Waals surface area contributed by atoms with Gasteiger partial charge in [0.25, 0.3) is 0 Å². The molecule has 0 unspecified atom stereocenters. The minimum Gasteiger partial charge on any atom is -0.493 e. The lowest BCUT2D eigenvalue weighted by Gasteiger charge is -2.26. The van der Waals surface area contributed by atoms with Gasteiger partial charge >= 0.3 is 0 Å². The van der Waals surface area contributed by atoms with E-state index in [9.17, 15) is 5.11 Å². The molecule has 0 saturated carbocycles. The van der Waals surface area contributed by atoms with E-state index in [2.05, 4.69) is 45.4 Å². The Kier molecular flexibility index (Phi) is 8.86. The molecule has 0 bridgehead atoms. The number of hydrogen-bond donors (Lipinski definition) is 2. The number of benzene rings is 2. The molecule has 0 fully saturated rings. The Morgan fingerprint density at radius 2 is 1.83 bits per heavy atom. The minimum atomic E-state index is -0.644. The van der Waals surface area contributed by atoms with Gasteiger partial charge in [0.2, 0.25) is 0 Å². The minimum absolute atomic E-state index is 0.209. The lowest BCUT2D eigenvalue weighted by atomic mass is 10.1. The van der Waals surface area contributed by atoms with E-state index in [1.165, 1.54) is 10.4 Å². The summed E-state index contributed by atoms with van der Waals surface area (Å²) >= 11 is 1.70. The number of rotatable bonds is 13. The van der Waals surface area contributed by atoms with Gasteiger partial charge in [-0.15, -0.1) is 11.3 Å². The van der Waals surface area contributed by atoms with Crippen LogP contribution >= 0.6 is 11.3 Å². The number of aromatic amines is 1. The molecular formula is C28H33N3O4S. The summed E-state index contributed by atoms with van der Waals surface area (Å²) in [6.07, 6.45) is 2.98. The van der Waals surface area contributed by atoms with Crippen molar-refractivity contribution in [2.45, 2.75) is 25.9 Å². The predicted molar refractivity (Wildman–Crippen MR) is 145 cm³/mol. The topological polar surface area (TPSA) is 79.8 Å². The van der Waals surface area contributed by atoms with E-state index in [4.69, 9.17) is 14.2 Å². The van der Waals surface area contributed by atoms with Crippen LogP contribution in [0.25, 0.3) is 10.6 Å². The number of aryl methyl sites for hydroxylation is 2. The van der Waals surface area contributed by atoms with E-state index in [0.29, 0.717) is 18.0 Å². The average Bonchev–Trinajstić information content (AvgIpc) is 3.62. The zero-order valence-corrected chi connectivity index (χ0v) is 21.8. The van der Waals surface area contributed by atoms with Crippen LogP contribution in [0.5, 0.6) is 17.2 Å². The first-order chi connectivity index (χ1) is 17.6. The van der Waals surface area contributed by atoms with E-state index in [1.807, 2.05) is 42.6 Å². The van der Waals surface area contributed by atoms with Gasteiger partial charge in [-0.3, -0.25) is 0 Å². The fourth-order valence-corrected chi connectivity index (χ4v) is 4.69. The van der Waals surface area contributed by atoms with Crippen LogP contribution in [0.1, 0.15) is 18.3 Å². The first-order valence-electron chi connectivity index (χ1n) is 12.0. The van der Waals surface area contributed by atoms with Gasteiger partial charge in [-0.05, 0) is 54.6 Å². The monoisotopic (exact) mass is 507 g/mol. The zero-order chi connectivity index (χ0) is 25.3. The molecule has 190 valence electrons. The molecule has 0 radical (unpaired) electrons. The zero-order valence-electron chi connectivity index (χ0n) is 20.9. The van der Waals surface area contributed by atoms with Gasteiger partial charge in [0, 0.05) is 31.3 Å². The highest BCUT2D eigenvalue weighted by molar-refractivity contribution is 7.13. The number of H-pyrrole nitrogens is 1. The summed E-state index contributed by atoms with van der Waals surface area (Å²) in [5.74, 6) is 3.06. The first kappa shape index (κ1) is 25.6. The summed E-state index contributed by atoms with van der Waals surface area (Å²) in [6, 6.07) is 17.9. The number of aliphatic hydroxyl groups excluding tert-OH is 1. The number of nitrogens with zero attached hydrogens (tertiary/aromatic N) is 2. The molecular weight excluding hydrogens is 474 g/mol. The van der Waals surface area contributed by atoms with Crippen molar-refractivity contribution in [2.24, 2.45) is 0 Å². The normalized spacial score (nSPS) is 11.8. The standard InChI is InChI=1S/C28H33N3O4S/c1-4-31(21-10-13-25(33-2)26(16-21)34-3)18-22(32)19-35-23-11-7-20(8-12-23)9-14-28-29-17-24(30-28)27-6-5-15-36-27/h5-8,10-13,15-17,22,32H,4,9,14,18-19H2,1-3H3,(H,29,30)/t22-/m0/s1. The smallest absolute Gasteiger partial charge is 0.162 e. The summed E-state index contributed by atoms with van der Waals surface area (Å²) in [7, 11) is 3.23. The van der Waals surface area contributed by atoms with Crippen molar-refractivity contribution in [3.05, 3.63) is 77.6 Å². The van der Waals surface area contributed by atoms with Crippen molar-refractivity contribution in [3.8, 4) is 27.8 Å². The van der Waals surface area contributed by atoms with Gasteiger partial charge < -0.3 is 29.2 Å². The molecule has 7 nitrogen and oxygen atoms in total. The van der Waals surface area contributed by atoms with E-state index >= 15 is 0 Å². The fourth-order valence-electron chi connectivity index (χ4n) is 4.00. The third-order valence-electron chi connectivity index (χ3n) is 5.98. The Morgan fingerprint density at radius 1 is 1.03 bits per heavy atom. The van der Waals surface area contributed by atoms with Crippen molar-refractivity contribution >= 4 is 17.0 Å². The summed E-state index contributed by atoms with van der Waals surface area (Å²) in [5.41, 5.74) is 3.23. The second-order valence-corrected chi connectivity index (χ2v) is 9.36.